The number of pyridine rings is 2. The maximum Gasteiger partial charge on any atom is 0.0723 e. The van der Waals surface area contributed by atoms with Crippen LogP contribution < -0.4 is 5.32 Å². The van der Waals surface area contributed by atoms with Crippen LogP contribution in [0, 0.1) is 5.92 Å². The number of aromatic nitrogens is 2. The predicted octanol–water partition coefficient (Wildman–Crippen LogP) is 5.15. The summed E-state index contributed by atoms with van der Waals surface area (Å²) >= 11 is 3.60. The Morgan fingerprint density at radius 3 is 2.65 bits per heavy atom. The summed E-state index contributed by atoms with van der Waals surface area (Å²) in [4.78, 5) is 11.4. The first-order chi connectivity index (χ1) is 12.6. The van der Waals surface area contributed by atoms with Crippen LogP contribution in [0.2, 0.25) is 0 Å². The van der Waals surface area contributed by atoms with Crippen LogP contribution in [0.4, 0.5) is 11.4 Å². The van der Waals surface area contributed by atoms with Gasteiger partial charge in [-0.3, -0.25) is 9.97 Å². The monoisotopic (exact) mass is 410 g/mol. The number of nitrogens with zero attached hydrogens (tertiary/aromatic N) is 3. The number of halogens is 1. The van der Waals surface area contributed by atoms with E-state index in [1.165, 1.54) is 18.4 Å². The van der Waals surface area contributed by atoms with Gasteiger partial charge in [0.1, 0.15) is 0 Å². The number of benzene rings is 1. The quantitative estimate of drug-likeness (QED) is 0.609. The van der Waals surface area contributed by atoms with Crippen LogP contribution in [-0.4, -0.2) is 29.0 Å². The molecular formula is C21H23BrN4. The molecule has 0 spiro atoms. The van der Waals surface area contributed by atoms with E-state index in [1.807, 2.05) is 18.5 Å². The van der Waals surface area contributed by atoms with Crippen LogP contribution >= 0.6 is 15.9 Å². The molecule has 1 aliphatic rings. The Hall–Kier alpha value is -1.98. The number of hydrogen-bond donors (Lipinski definition) is 1. The average Bonchev–Trinajstić information content (AvgIpc) is 3.42. The zero-order valence-electron chi connectivity index (χ0n) is 15.2. The normalized spacial score (nSPS) is 14.2. The highest BCUT2D eigenvalue weighted by Crippen LogP contribution is 2.38. The standard InChI is InChI=1S/C21H23BrN4/c1-26(2)13-18-7-6-17(12-23-18)25-21-15(9-14-3-4-14)11-24-20-8-5-16(22)10-19(20)21/h5-8,10-12,14H,3-4,9,13H2,1-2H3,(H,24,25). The highest BCUT2D eigenvalue weighted by molar-refractivity contribution is 9.10. The fraction of sp³-hybridized carbons (Fsp3) is 0.333. The van der Waals surface area contributed by atoms with Gasteiger partial charge in [-0.05, 0) is 75.2 Å². The maximum atomic E-state index is 4.67. The van der Waals surface area contributed by atoms with Gasteiger partial charge in [0.25, 0.3) is 0 Å². The van der Waals surface area contributed by atoms with Crippen molar-refractivity contribution in [3.8, 4) is 0 Å². The first kappa shape index (κ1) is 17.4. The molecule has 1 fully saturated rings. The van der Waals surface area contributed by atoms with E-state index in [0.29, 0.717) is 0 Å². The first-order valence-electron chi connectivity index (χ1n) is 9.02. The highest BCUT2D eigenvalue weighted by atomic mass is 79.9. The van der Waals surface area contributed by atoms with E-state index in [4.69, 9.17) is 0 Å². The Morgan fingerprint density at radius 1 is 1.12 bits per heavy atom. The molecule has 0 amide bonds. The SMILES string of the molecule is CN(C)Cc1ccc(Nc2c(CC3CC3)cnc3ccc(Br)cc23)cn1. The van der Waals surface area contributed by atoms with Gasteiger partial charge in [-0.1, -0.05) is 15.9 Å². The minimum atomic E-state index is 0.808. The van der Waals surface area contributed by atoms with Crippen molar-refractivity contribution in [1.82, 2.24) is 14.9 Å². The summed E-state index contributed by atoms with van der Waals surface area (Å²) in [5.74, 6) is 0.808. The second-order valence-corrected chi connectivity index (χ2v) is 8.28. The predicted molar refractivity (Wildman–Crippen MR) is 111 cm³/mol. The van der Waals surface area contributed by atoms with Crippen LogP contribution in [0.5, 0.6) is 0 Å². The van der Waals surface area contributed by atoms with Gasteiger partial charge < -0.3 is 10.2 Å². The number of rotatable bonds is 6. The fourth-order valence-corrected chi connectivity index (χ4v) is 3.56. The van der Waals surface area contributed by atoms with Gasteiger partial charge in [0, 0.05) is 22.6 Å². The van der Waals surface area contributed by atoms with Crippen LogP contribution in [0.25, 0.3) is 10.9 Å². The Morgan fingerprint density at radius 2 is 1.96 bits per heavy atom. The summed E-state index contributed by atoms with van der Waals surface area (Å²) in [5, 5.41) is 4.77. The van der Waals surface area contributed by atoms with Crippen molar-refractivity contribution in [3.63, 3.8) is 0 Å². The van der Waals surface area contributed by atoms with Gasteiger partial charge in [0.2, 0.25) is 0 Å². The molecule has 1 aromatic carbocycles. The van der Waals surface area contributed by atoms with Gasteiger partial charge in [0.15, 0.2) is 0 Å². The fourth-order valence-electron chi connectivity index (χ4n) is 3.20. The second-order valence-electron chi connectivity index (χ2n) is 7.37. The number of nitrogens with one attached hydrogen (secondary N) is 1. The minimum absolute atomic E-state index is 0.808. The summed E-state index contributed by atoms with van der Waals surface area (Å²) in [6.45, 7) is 0.846. The van der Waals surface area contributed by atoms with Crippen molar-refractivity contribution in [2.45, 2.75) is 25.8 Å². The molecule has 134 valence electrons. The number of hydrogen-bond acceptors (Lipinski definition) is 4. The van der Waals surface area contributed by atoms with Crippen molar-refractivity contribution < 1.29 is 0 Å². The number of anilines is 2. The van der Waals surface area contributed by atoms with Crippen molar-refractivity contribution in [1.29, 1.82) is 0 Å². The third-order valence-electron chi connectivity index (χ3n) is 4.69. The topological polar surface area (TPSA) is 41.0 Å². The largest absolute Gasteiger partial charge is 0.353 e. The van der Waals surface area contributed by atoms with Crippen LogP contribution in [0.1, 0.15) is 24.1 Å². The van der Waals surface area contributed by atoms with Gasteiger partial charge in [-0.25, -0.2) is 0 Å². The number of fused-ring (bicyclic) bond motifs is 1. The lowest BCUT2D eigenvalue weighted by molar-refractivity contribution is 0.397. The van der Waals surface area contributed by atoms with Crippen molar-refractivity contribution in [2.75, 3.05) is 19.4 Å². The van der Waals surface area contributed by atoms with Gasteiger partial charge >= 0.3 is 0 Å². The molecule has 2 aromatic heterocycles. The molecule has 1 N–H and O–H groups in total. The molecule has 1 aliphatic carbocycles. The van der Waals surface area contributed by atoms with Crippen molar-refractivity contribution in [3.05, 3.63) is 58.5 Å². The average molecular weight is 411 g/mol. The summed E-state index contributed by atoms with van der Waals surface area (Å²) in [7, 11) is 4.11. The van der Waals surface area contributed by atoms with E-state index >= 15 is 0 Å². The molecule has 1 saturated carbocycles. The van der Waals surface area contributed by atoms with Crippen molar-refractivity contribution >= 4 is 38.2 Å². The zero-order chi connectivity index (χ0) is 18.1. The van der Waals surface area contributed by atoms with Crippen molar-refractivity contribution in [2.24, 2.45) is 5.92 Å². The van der Waals surface area contributed by atoms with Gasteiger partial charge in [0.05, 0.1) is 28.8 Å². The molecule has 0 aliphatic heterocycles. The molecule has 26 heavy (non-hydrogen) atoms. The van der Waals surface area contributed by atoms with E-state index in [2.05, 4.69) is 74.5 Å². The molecule has 5 heteroatoms. The van der Waals surface area contributed by atoms with E-state index in [1.54, 1.807) is 0 Å². The highest BCUT2D eigenvalue weighted by Gasteiger charge is 2.23. The third kappa shape index (κ3) is 4.05. The van der Waals surface area contributed by atoms with Gasteiger partial charge in [-0.15, -0.1) is 0 Å². The van der Waals surface area contributed by atoms with E-state index in [9.17, 15) is 0 Å². The minimum Gasteiger partial charge on any atom is -0.353 e. The summed E-state index contributed by atoms with van der Waals surface area (Å²) in [6, 6.07) is 10.4. The molecule has 0 atom stereocenters. The smallest absolute Gasteiger partial charge is 0.0723 e. The lowest BCUT2D eigenvalue weighted by Gasteiger charge is -2.15. The van der Waals surface area contributed by atoms with Crippen LogP contribution in [0.15, 0.2) is 47.2 Å². The maximum absolute atomic E-state index is 4.67. The van der Waals surface area contributed by atoms with Gasteiger partial charge in [-0.2, -0.15) is 0 Å². The Bertz CT molecular complexity index is 917. The molecule has 4 rings (SSSR count). The Labute approximate surface area is 162 Å². The summed E-state index contributed by atoms with van der Waals surface area (Å²) in [5.41, 5.74) is 5.53. The molecule has 0 unspecified atom stereocenters. The van der Waals surface area contributed by atoms with E-state index < -0.39 is 0 Å². The summed E-state index contributed by atoms with van der Waals surface area (Å²) < 4.78 is 1.07. The van der Waals surface area contributed by atoms with E-state index in [0.717, 1.165) is 51.3 Å². The lowest BCUT2D eigenvalue weighted by Crippen LogP contribution is -2.11. The molecule has 2 heterocycles. The van der Waals surface area contributed by atoms with E-state index in [-0.39, 0.29) is 0 Å². The Balaban J connectivity index is 1.69. The molecule has 3 aromatic rings. The zero-order valence-corrected chi connectivity index (χ0v) is 16.8. The second kappa shape index (κ2) is 7.33. The lowest BCUT2D eigenvalue weighted by atomic mass is 10.0. The summed E-state index contributed by atoms with van der Waals surface area (Å²) in [6.07, 6.45) is 7.70. The molecule has 0 bridgehead atoms. The molecule has 4 nitrogen and oxygen atoms in total. The van der Waals surface area contributed by atoms with Crippen LogP contribution in [0.3, 0.4) is 0 Å². The molecular weight excluding hydrogens is 388 g/mol. The molecule has 0 radical (unpaired) electrons. The first-order valence-corrected chi connectivity index (χ1v) is 9.81. The molecule has 0 saturated heterocycles. The third-order valence-corrected chi connectivity index (χ3v) is 5.18. The van der Waals surface area contributed by atoms with Crippen LogP contribution in [-0.2, 0) is 13.0 Å². The Kier molecular flexibility index (Phi) is 4.92.